The second-order valence-electron chi connectivity index (χ2n) is 6.72. The van der Waals surface area contributed by atoms with Crippen molar-refractivity contribution >= 4 is 0 Å². The van der Waals surface area contributed by atoms with E-state index in [-0.39, 0.29) is 0 Å². The molecule has 1 aromatic rings. The highest BCUT2D eigenvalue weighted by molar-refractivity contribution is 5.30. The van der Waals surface area contributed by atoms with Crippen LogP contribution in [-0.2, 0) is 12.8 Å². The first-order chi connectivity index (χ1) is 9.69. The molecule has 1 aromatic heterocycles. The van der Waals surface area contributed by atoms with Gasteiger partial charge in [-0.3, -0.25) is 0 Å². The molecule has 2 aliphatic carbocycles. The monoisotopic (exact) mass is 273 g/mol. The van der Waals surface area contributed by atoms with Gasteiger partial charge in [-0.05, 0) is 69.5 Å². The van der Waals surface area contributed by atoms with E-state index in [0.29, 0.717) is 5.92 Å². The van der Waals surface area contributed by atoms with E-state index in [1.54, 1.807) is 0 Å². The van der Waals surface area contributed by atoms with Crippen molar-refractivity contribution in [3.63, 3.8) is 0 Å². The summed E-state index contributed by atoms with van der Waals surface area (Å²) in [5.41, 5.74) is 4.03. The average Bonchev–Trinajstić information content (AvgIpc) is 3.17. The number of hydrogen-bond donors (Lipinski definition) is 1. The Hall–Kier alpha value is -0.960. The van der Waals surface area contributed by atoms with Gasteiger partial charge in [-0.15, -0.1) is 0 Å². The molecule has 20 heavy (non-hydrogen) atoms. The van der Waals surface area contributed by atoms with E-state index in [9.17, 15) is 0 Å². The SMILES string of the molecule is CCCNCC1CCc2nc(C3CC3C)nc(C)c2C1. The van der Waals surface area contributed by atoms with Gasteiger partial charge in [0.25, 0.3) is 0 Å². The molecule has 0 radical (unpaired) electrons. The molecule has 3 heteroatoms. The van der Waals surface area contributed by atoms with Gasteiger partial charge in [0.15, 0.2) is 0 Å². The van der Waals surface area contributed by atoms with E-state index < -0.39 is 0 Å². The number of fused-ring (bicyclic) bond motifs is 1. The quantitative estimate of drug-likeness (QED) is 0.838. The summed E-state index contributed by atoms with van der Waals surface area (Å²) in [6, 6.07) is 0. The predicted octanol–water partition coefficient (Wildman–Crippen LogP) is 3.01. The predicted molar refractivity (Wildman–Crippen MR) is 82.0 cm³/mol. The Balaban J connectivity index is 1.70. The second kappa shape index (κ2) is 5.80. The Labute approximate surface area is 122 Å². The third-order valence-electron chi connectivity index (χ3n) is 4.90. The smallest absolute Gasteiger partial charge is 0.132 e. The second-order valence-corrected chi connectivity index (χ2v) is 6.72. The molecule has 2 aliphatic rings. The van der Waals surface area contributed by atoms with E-state index in [4.69, 9.17) is 9.97 Å². The lowest BCUT2D eigenvalue weighted by atomic mass is 9.85. The van der Waals surface area contributed by atoms with Gasteiger partial charge >= 0.3 is 0 Å². The van der Waals surface area contributed by atoms with Crippen LogP contribution in [0.3, 0.4) is 0 Å². The van der Waals surface area contributed by atoms with Crippen LogP contribution in [0.5, 0.6) is 0 Å². The summed E-state index contributed by atoms with van der Waals surface area (Å²) in [5, 5.41) is 3.56. The van der Waals surface area contributed by atoms with Crippen LogP contribution in [0.25, 0.3) is 0 Å². The number of aryl methyl sites for hydroxylation is 2. The summed E-state index contributed by atoms with van der Waals surface area (Å²) < 4.78 is 0. The molecule has 3 atom stereocenters. The summed E-state index contributed by atoms with van der Waals surface area (Å²) in [7, 11) is 0. The fourth-order valence-electron chi connectivity index (χ4n) is 3.39. The average molecular weight is 273 g/mol. The van der Waals surface area contributed by atoms with Gasteiger partial charge in [-0.25, -0.2) is 9.97 Å². The first-order valence-corrected chi connectivity index (χ1v) is 8.26. The zero-order chi connectivity index (χ0) is 14.1. The normalized spacial score (nSPS) is 28.2. The molecule has 1 fully saturated rings. The van der Waals surface area contributed by atoms with Crippen molar-refractivity contribution < 1.29 is 0 Å². The molecule has 1 saturated carbocycles. The Kier molecular flexibility index (Phi) is 4.06. The molecule has 110 valence electrons. The van der Waals surface area contributed by atoms with Crippen LogP contribution in [0.15, 0.2) is 0 Å². The van der Waals surface area contributed by atoms with Crippen molar-refractivity contribution in [2.75, 3.05) is 13.1 Å². The zero-order valence-electron chi connectivity index (χ0n) is 13.1. The maximum absolute atomic E-state index is 4.89. The van der Waals surface area contributed by atoms with Crippen molar-refractivity contribution in [3.05, 3.63) is 22.8 Å². The molecule has 0 spiro atoms. The van der Waals surface area contributed by atoms with Crippen LogP contribution in [0.2, 0.25) is 0 Å². The van der Waals surface area contributed by atoms with Crippen molar-refractivity contribution in [1.29, 1.82) is 0 Å². The minimum atomic E-state index is 0.642. The van der Waals surface area contributed by atoms with Crippen molar-refractivity contribution in [2.24, 2.45) is 11.8 Å². The number of aromatic nitrogens is 2. The molecule has 1 heterocycles. The molecule has 0 aromatic carbocycles. The minimum Gasteiger partial charge on any atom is -0.316 e. The van der Waals surface area contributed by atoms with Crippen LogP contribution < -0.4 is 5.32 Å². The maximum Gasteiger partial charge on any atom is 0.132 e. The van der Waals surface area contributed by atoms with Gasteiger partial charge in [-0.2, -0.15) is 0 Å². The highest BCUT2D eigenvalue weighted by Crippen LogP contribution is 2.45. The van der Waals surface area contributed by atoms with Crippen molar-refractivity contribution in [1.82, 2.24) is 15.3 Å². The van der Waals surface area contributed by atoms with Gasteiger partial charge in [0.1, 0.15) is 5.82 Å². The lowest BCUT2D eigenvalue weighted by Gasteiger charge is -2.25. The van der Waals surface area contributed by atoms with Crippen LogP contribution in [0, 0.1) is 18.8 Å². The van der Waals surface area contributed by atoms with E-state index in [1.165, 1.54) is 42.6 Å². The first-order valence-electron chi connectivity index (χ1n) is 8.26. The summed E-state index contributed by atoms with van der Waals surface area (Å²) in [6.07, 6.45) is 6.08. The van der Waals surface area contributed by atoms with Crippen LogP contribution >= 0.6 is 0 Å². The van der Waals surface area contributed by atoms with E-state index in [0.717, 1.165) is 37.2 Å². The highest BCUT2D eigenvalue weighted by atomic mass is 14.9. The Morgan fingerprint density at radius 3 is 2.80 bits per heavy atom. The van der Waals surface area contributed by atoms with E-state index in [2.05, 4.69) is 26.1 Å². The van der Waals surface area contributed by atoms with E-state index in [1.807, 2.05) is 0 Å². The largest absolute Gasteiger partial charge is 0.316 e. The zero-order valence-corrected chi connectivity index (χ0v) is 13.1. The Bertz CT molecular complexity index is 483. The number of rotatable bonds is 5. The molecule has 1 N–H and O–H groups in total. The molecule has 0 bridgehead atoms. The fraction of sp³-hybridized carbons (Fsp3) is 0.765. The molecule has 3 unspecified atom stereocenters. The lowest BCUT2D eigenvalue weighted by molar-refractivity contribution is 0.417. The standard InChI is InChI=1S/C17H27N3/c1-4-7-18-10-13-5-6-16-15(9-13)12(3)19-17(20-16)14-8-11(14)2/h11,13-14,18H,4-10H2,1-3H3. The highest BCUT2D eigenvalue weighted by Gasteiger charge is 2.37. The number of nitrogens with zero attached hydrogens (tertiary/aromatic N) is 2. The summed E-state index contributed by atoms with van der Waals surface area (Å²) in [4.78, 5) is 9.68. The minimum absolute atomic E-state index is 0.642. The third-order valence-corrected chi connectivity index (χ3v) is 4.90. The molecular weight excluding hydrogens is 246 g/mol. The molecule has 0 aliphatic heterocycles. The van der Waals surface area contributed by atoms with E-state index >= 15 is 0 Å². The van der Waals surface area contributed by atoms with Gasteiger partial charge in [0.05, 0.1) is 0 Å². The summed E-state index contributed by atoms with van der Waals surface area (Å²) in [6.45, 7) is 8.99. The third kappa shape index (κ3) is 2.88. The van der Waals surface area contributed by atoms with Gasteiger partial charge in [-0.1, -0.05) is 13.8 Å². The summed E-state index contributed by atoms with van der Waals surface area (Å²) in [5.74, 6) is 3.32. The number of nitrogens with one attached hydrogen (secondary N) is 1. The van der Waals surface area contributed by atoms with Gasteiger partial charge < -0.3 is 5.32 Å². The topological polar surface area (TPSA) is 37.8 Å². The van der Waals surface area contributed by atoms with Crippen LogP contribution in [-0.4, -0.2) is 23.1 Å². The first kappa shape index (κ1) is 14.0. The van der Waals surface area contributed by atoms with Crippen molar-refractivity contribution in [3.8, 4) is 0 Å². The molecule has 0 amide bonds. The lowest BCUT2D eigenvalue weighted by Crippen LogP contribution is -2.29. The Morgan fingerprint density at radius 2 is 2.10 bits per heavy atom. The summed E-state index contributed by atoms with van der Waals surface area (Å²) >= 11 is 0. The Morgan fingerprint density at radius 1 is 1.30 bits per heavy atom. The van der Waals surface area contributed by atoms with Crippen molar-refractivity contribution in [2.45, 2.75) is 58.8 Å². The molecular formula is C17H27N3. The van der Waals surface area contributed by atoms with Crippen LogP contribution in [0.4, 0.5) is 0 Å². The molecule has 0 saturated heterocycles. The maximum atomic E-state index is 4.89. The fourth-order valence-corrected chi connectivity index (χ4v) is 3.39. The molecule has 3 rings (SSSR count). The van der Waals surface area contributed by atoms with Gasteiger partial charge in [0.2, 0.25) is 0 Å². The van der Waals surface area contributed by atoms with Crippen LogP contribution in [0.1, 0.15) is 61.8 Å². The molecule has 3 nitrogen and oxygen atoms in total. The van der Waals surface area contributed by atoms with Gasteiger partial charge in [0, 0.05) is 17.3 Å². The number of hydrogen-bond acceptors (Lipinski definition) is 3.